The Balaban J connectivity index is 2.03. The molecule has 2 heterocycles. The zero-order valence-electron chi connectivity index (χ0n) is 12.9. The van der Waals surface area contributed by atoms with Crippen LogP contribution in [0.1, 0.15) is 6.92 Å². The Labute approximate surface area is 136 Å². The van der Waals surface area contributed by atoms with Gasteiger partial charge in [-0.25, -0.2) is 9.80 Å². The summed E-state index contributed by atoms with van der Waals surface area (Å²) < 4.78 is 4.84. The van der Waals surface area contributed by atoms with Crippen LogP contribution in [0.15, 0.2) is 41.7 Å². The third-order valence-electron chi connectivity index (χ3n) is 3.65. The number of nitrogens with zero attached hydrogens (tertiary/aromatic N) is 2. The van der Waals surface area contributed by atoms with Crippen LogP contribution in [-0.4, -0.2) is 30.7 Å². The van der Waals surface area contributed by atoms with Crippen LogP contribution in [-0.2, 0) is 23.9 Å². The zero-order valence-corrected chi connectivity index (χ0v) is 12.9. The first-order valence-electron chi connectivity index (χ1n) is 6.95. The third-order valence-corrected chi connectivity index (χ3v) is 3.65. The lowest BCUT2D eigenvalue weighted by molar-refractivity contribution is -0.122. The number of benzene rings is 1. The van der Waals surface area contributed by atoms with Gasteiger partial charge in [0.2, 0.25) is 0 Å². The molecule has 3 rings (SSSR count). The minimum Gasteiger partial charge on any atom is -0.491 e. The molecule has 0 fully saturated rings. The Bertz CT molecular complexity index is 868. The molecule has 0 aliphatic carbocycles. The highest BCUT2D eigenvalue weighted by Gasteiger charge is 2.35. The van der Waals surface area contributed by atoms with Crippen molar-refractivity contribution in [3.8, 4) is 0 Å². The maximum absolute atomic E-state index is 12.2. The van der Waals surface area contributed by atoms with Crippen LogP contribution in [0.2, 0.25) is 0 Å². The van der Waals surface area contributed by atoms with E-state index >= 15 is 0 Å². The summed E-state index contributed by atoms with van der Waals surface area (Å²) in [5, 5.41) is 0. The number of ether oxygens (including phenoxy) is 1. The van der Waals surface area contributed by atoms with Crippen LogP contribution in [0.3, 0.4) is 0 Å². The molecule has 0 radical (unpaired) electrons. The van der Waals surface area contributed by atoms with E-state index in [2.05, 4.69) is 0 Å². The Morgan fingerprint density at radius 2 is 1.42 bits per heavy atom. The molecule has 8 heteroatoms. The van der Waals surface area contributed by atoms with Gasteiger partial charge in [-0.15, -0.1) is 0 Å². The minimum absolute atomic E-state index is 0.102. The van der Waals surface area contributed by atoms with Crippen molar-refractivity contribution in [1.82, 2.24) is 0 Å². The number of carbonyl (C=O) groups is 4. The molecule has 0 spiro atoms. The highest BCUT2D eigenvalue weighted by Crippen LogP contribution is 2.32. The molecule has 0 unspecified atom stereocenters. The largest absolute Gasteiger partial charge is 0.491 e. The number of carbonyl (C=O) groups excluding carboxylic acids is 4. The predicted octanol–water partition coefficient (Wildman–Crippen LogP) is 0.492. The fourth-order valence-electron chi connectivity index (χ4n) is 2.55. The number of hydrogen-bond acceptors (Lipinski definition) is 6. The van der Waals surface area contributed by atoms with Crippen LogP contribution in [0.25, 0.3) is 0 Å². The van der Waals surface area contributed by atoms with Gasteiger partial charge in [0, 0.05) is 17.3 Å². The van der Waals surface area contributed by atoms with Gasteiger partial charge in [-0.2, -0.15) is 0 Å². The predicted molar refractivity (Wildman–Crippen MR) is 84.7 cm³/mol. The topological polar surface area (TPSA) is 110 Å². The number of methoxy groups -OCH3 is 1. The molecule has 0 saturated carbocycles. The quantitative estimate of drug-likeness (QED) is 0.639. The van der Waals surface area contributed by atoms with E-state index in [9.17, 15) is 19.2 Å². The molecule has 0 atom stereocenters. The first-order chi connectivity index (χ1) is 11.3. The average molecular weight is 327 g/mol. The number of nitrogens with two attached hydrogens (primary N) is 1. The Morgan fingerprint density at radius 1 is 0.875 bits per heavy atom. The van der Waals surface area contributed by atoms with Gasteiger partial charge in [-0.1, -0.05) is 0 Å². The summed E-state index contributed by atoms with van der Waals surface area (Å²) >= 11 is 0. The van der Waals surface area contributed by atoms with Crippen LogP contribution in [0, 0.1) is 0 Å². The standard InChI is InChI=1S/C16H13N3O5/c1-8-3-13(20)18(15(8)22)10-4-9(17)5-11(6-10)19-14(21)7-12(24-2)16(19)23/h3-7H,17H2,1-2H3. The van der Waals surface area contributed by atoms with Crippen LogP contribution >= 0.6 is 0 Å². The highest BCUT2D eigenvalue weighted by atomic mass is 16.5. The van der Waals surface area contributed by atoms with Gasteiger partial charge >= 0.3 is 5.91 Å². The molecule has 0 aromatic heterocycles. The zero-order chi connectivity index (χ0) is 17.6. The number of rotatable bonds is 3. The van der Waals surface area contributed by atoms with Crippen molar-refractivity contribution in [2.75, 3.05) is 22.6 Å². The second-order valence-corrected chi connectivity index (χ2v) is 5.28. The molecule has 122 valence electrons. The summed E-state index contributed by atoms with van der Waals surface area (Å²) in [4.78, 5) is 50.1. The van der Waals surface area contributed by atoms with Crippen molar-refractivity contribution < 1.29 is 23.9 Å². The number of amides is 4. The molecular formula is C16H13N3O5. The number of hydrogen-bond donors (Lipinski definition) is 1. The lowest BCUT2D eigenvalue weighted by atomic mass is 10.2. The van der Waals surface area contributed by atoms with Crippen molar-refractivity contribution in [1.29, 1.82) is 0 Å². The number of imide groups is 2. The lowest BCUT2D eigenvalue weighted by Gasteiger charge is -2.20. The maximum Gasteiger partial charge on any atom is 0.300 e. The van der Waals surface area contributed by atoms with Crippen LogP contribution in [0.4, 0.5) is 17.1 Å². The molecule has 2 aliphatic rings. The fourth-order valence-corrected chi connectivity index (χ4v) is 2.55. The van der Waals surface area contributed by atoms with E-state index in [4.69, 9.17) is 10.5 Å². The summed E-state index contributed by atoms with van der Waals surface area (Å²) in [7, 11) is 1.28. The average Bonchev–Trinajstić information content (AvgIpc) is 2.94. The first-order valence-corrected chi connectivity index (χ1v) is 6.95. The number of nitrogen functional groups attached to an aromatic ring is 1. The molecule has 24 heavy (non-hydrogen) atoms. The van der Waals surface area contributed by atoms with Gasteiger partial charge in [0.05, 0.1) is 24.6 Å². The maximum atomic E-state index is 12.2. The van der Waals surface area contributed by atoms with E-state index in [0.29, 0.717) is 5.57 Å². The molecule has 1 aromatic rings. The summed E-state index contributed by atoms with van der Waals surface area (Å²) in [6, 6.07) is 4.19. The molecule has 8 nitrogen and oxygen atoms in total. The van der Waals surface area contributed by atoms with Gasteiger partial charge < -0.3 is 10.5 Å². The second-order valence-electron chi connectivity index (χ2n) is 5.28. The smallest absolute Gasteiger partial charge is 0.300 e. The molecule has 4 amide bonds. The van der Waals surface area contributed by atoms with E-state index in [1.54, 1.807) is 0 Å². The van der Waals surface area contributed by atoms with Crippen LogP contribution < -0.4 is 15.5 Å². The van der Waals surface area contributed by atoms with Crippen molar-refractivity contribution in [2.24, 2.45) is 0 Å². The first kappa shape index (κ1) is 15.5. The summed E-state index contributed by atoms with van der Waals surface area (Å²) in [6.07, 6.45) is 2.27. The van der Waals surface area contributed by atoms with Gasteiger partial charge in [0.15, 0.2) is 5.76 Å². The third kappa shape index (κ3) is 2.24. The molecule has 0 bridgehead atoms. The lowest BCUT2D eigenvalue weighted by Crippen LogP contribution is -2.33. The van der Waals surface area contributed by atoms with Gasteiger partial charge in [-0.3, -0.25) is 19.2 Å². The summed E-state index contributed by atoms with van der Waals surface area (Å²) in [5.41, 5.74) is 6.63. The Kier molecular flexibility index (Phi) is 3.44. The van der Waals surface area contributed by atoms with Crippen molar-refractivity contribution in [3.05, 3.63) is 41.7 Å². The molecule has 0 saturated heterocycles. The monoisotopic (exact) mass is 327 g/mol. The fraction of sp³-hybridized carbons (Fsp3) is 0.125. The second kappa shape index (κ2) is 5.34. The molecule has 2 N–H and O–H groups in total. The summed E-state index contributed by atoms with van der Waals surface area (Å²) in [6.45, 7) is 1.52. The normalized spacial score (nSPS) is 17.6. The van der Waals surface area contributed by atoms with Gasteiger partial charge in [-0.05, 0) is 25.1 Å². The summed E-state index contributed by atoms with van der Waals surface area (Å²) in [5.74, 6) is -2.33. The number of anilines is 3. The SMILES string of the molecule is COC1=CC(=O)N(c2cc(N)cc(N3C(=O)C=C(C)C3=O)c2)C1=O. The van der Waals surface area contributed by atoms with Crippen molar-refractivity contribution in [2.45, 2.75) is 6.92 Å². The van der Waals surface area contributed by atoms with E-state index in [-0.39, 0.29) is 22.8 Å². The van der Waals surface area contributed by atoms with Gasteiger partial charge in [0.1, 0.15) is 0 Å². The molecular weight excluding hydrogens is 314 g/mol. The molecule has 1 aromatic carbocycles. The molecule has 2 aliphatic heterocycles. The van der Waals surface area contributed by atoms with Gasteiger partial charge in [0.25, 0.3) is 17.7 Å². The van der Waals surface area contributed by atoms with Crippen molar-refractivity contribution in [3.63, 3.8) is 0 Å². The van der Waals surface area contributed by atoms with Crippen molar-refractivity contribution >= 4 is 40.7 Å². The van der Waals surface area contributed by atoms with Crippen LogP contribution in [0.5, 0.6) is 0 Å². The Morgan fingerprint density at radius 3 is 1.88 bits per heavy atom. The minimum atomic E-state index is -0.646. The van der Waals surface area contributed by atoms with E-state index < -0.39 is 23.6 Å². The van der Waals surface area contributed by atoms with E-state index in [1.165, 1.54) is 38.3 Å². The Hall–Kier alpha value is -3.42. The van der Waals surface area contributed by atoms with E-state index in [0.717, 1.165) is 15.9 Å². The van der Waals surface area contributed by atoms with E-state index in [1.807, 2.05) is 0 Å². The highest BCUT2D eigenvalue weighted by molar-refractivity contribution is 6.32.